The number of rotatable bonds is 10. The quantitative estimate of drug-likeness (QED) is 0.694. The van der Waals surface area contributed by atoms with Crippen molar-refractivity contribution in [2.45, 2.75) is 39.2 Å². The number of carbonyl (C=O) groups is 1. The third-order valence-electron chi connectivity index (χ3n) is 3.21. The third kappa shape index (κ3) is 5.63. The Morgan fingerprint density at radius 1 is 1.14 bits per heavy atom. The number of carboxylic acids is 1. The Morgan fingerprint density at radius 3 is 2.10 bits per heavy atom. The molecule has 0 fully saturated rings. The second kappa shape index (κ2) is 8.52. The Balaban J connectivity index is 2.46. The van der Waals surface area contributed by atoms with Crippen molar-refractivity contribution in [2.75, 3.05) is 19.8 Å². The number of hydrogen-bond donors (Lipinski definition) is 2. The smallest absolute Gasteiger partial charge is 0.323 e. The molecule has 0 aliphatic carbocycles. The number of carboxylic acid groups (broad SMARTS) is 1. The zero-order valence-electron chi connectivity index (χ0n) is 13.0. The first-order valence-electron chi connectivity index (χ1n) is 7.36. The van der Waals surface area contributed by atoms with Gasteiger partial charge in [0, 0.05) is 6.42 Å². The summed E-state index contributed by atoms with van der Waals surface area (Å²) in [6, 6.07) is 7.37. The van der Waals surface area contributed by atoms with Crippen molar-refractivity contribution < 1.29 is 19.4 Å². The van der Waals surface area contributed by atoms with E-state index in [2.05, 4.69) is 12.2 Å². The highest BCUT2D eigenvalue weighted by Gasteiger charge is 2.31. The van der Waals surface area contributed by atoms with Gasteiger partial charge in [0.25, 0.3) is 0 Å². The van der Waals surface area contributed by atoms with E-state index in [4.69, 9.17) is 9.47 Å². The van der Waals surface area contributed by atoms with Crippen molar-refractivity contribution in [2.24, 2.45) is 0 Å². The first-order valence-corrected chi connectivity index (χ1v) is 7.36. The van der Waals surface area contributed by atoms with E-state index in [1.54, 1.807) is 6.92 Å². The fraction of sp³-hybridized carbons (Fsp3) is 0.562. The molecular formula is C16H25NO4. The maximum absolute atomic E-state index is 11.3. The van der Waals surface area contributed by atoms with Crippen molar-refractivity contribution in [3.05, 3.63) is 24.3 Å². The summed E-state index contributed by atoms with van der Waals surface area (Å²) in [5, 5.41) is 12.2. The van der Waals surface area contributed by atoms with Crippen molar-refractivity contribution >= 4 is 5.97 Å². The zero-order valence-corrected chi connectivity index (χ0v) is 13.0. The van der Waals surface area contributed by atoms with Crippen LogP contribution in [0.2, 0.25) is 0 Å². The third-order valence-corrected chi connectivity index (χ3v) is 3.21. The number of aliphatic carboxylic acids is 1. The predicted octanol–water partition coefficient (Wildman–Crippen LogP) is 2.70. The van der Waals surface area contributed by atoms with E-state index in [1.165, 1.54) is 0 Å². The summed E-state index contributed by atoms with van der Waals surface area (Å²) in [5.41, 5.74) is -0.959. The van der Waals surface area contributed by atoms with Crippen LogP contribution in [-0.2, 0) is 4.79 Å². The van der Waals surface area contributed by atoms with Crippen LogP contribution in [0.1, 0.15) is 33.6 Å². The Morgan fingerprint density at radius 2 is 1.67 bits per heavy atom. The second-order valence-electron chi connectivity index (χ2n) is 5.09. The highest BCUT2D eigenvalue weighted by atomic mass is 16.5. The molecule has 21 heavy (non-hydrogen) atoms. The van der Waals surface area contributed by atoms with E-state index in [9.17, 15) is 9.90 Å². The van der Waals surface area contributed by atoms with E-state index in [1.807, 2.05) is 31.2 Å². The topological polar surface area (TPSA) is 67.8 Å². The fourth-order valence-corrected chi connectivity index (χ4v) is 1.89. The molecule has 1 atom stereocenters. The van der Waals surface area contributed by atoms with E-state index in [0.717, 1.165) is 12.2 Å². The largest absolute Gasteiger partial charge is 0.494 e. The number of nitrogens with one attached hydrogen (secondary N) is 1. The molecular weight excluding hydrogens is 270 g/mol. The molecule has 1 aromatic rings. The average Bonchev–Trinajstić information content (AvgIpc) is 2.46. The molecule has 0 aliphatic rings. The lowest BCUT2D eigenvalue weighted by Crippen LogP contribution is -2.50. The van der Waals surface area contributed by atoms with Gasteiger partial charge in [0.15, 0.2) is 0 Å². The van der Waals surface area contributed by atoms with Gasteiger partial charge in [-0.1, -0.05) is 13.8 Å². The number of benzene rings is 1. The van der Waals surface area contributed by atoms with Gasteiger partial charge in [0.2, 0.25) is 0 Å². The molecule has 0 radical (unpaired) electrons. The minimum absolute atomic E-state index is 0.338. The molecule has 0 aliphatic heterocycles. The fourth-order valence-electron chi connectivity index (χ4n) is 1.89. The molecule has 0 bridgehead atoms. The molecule has 0 aromatic heterocycles. The van der Waals surface area contributed by atoms with Crippen molar-refractivity contribution in [3.63, 3.8) is 0 Å². The van der Waals surface area contributed by atoms with Crippen LogP contribution >= 0.6 is 0 Å². The molecule has 0 spiro atoms. The lowest BCUT2D eigenvalue weighted by molar-refractivity contribution is -0.144. The molecule has 1 rings (SSSR count). The Hall–Kier alpha value is -1.75. The maximum Gasteiger partial charge on any atom is 0.323 e. The van der Waals surface area contributed by atoms with Gasteiger partial charge in [0.05, 0.1) is 13.2 Å². The molecule has 0 saturated carbocycles. The van der Waals surface area contributed by atoms with E-state index in [-0.39, 0.29) is 0 Å². The molecule has 5 nitrogen and oxygen atoms in total. The average molecular weight is 295 g/mol. The van der Waals surface area contributed by atoms with Gasteiger partial charge in [-0.05, 0) is 44.2 Å². The van der Waals surface area contributed by atoms with Crippen LogP contribution in [0, 0.1) is 0 Å². The van der Waals surface area contributed by atoms with Gasteiger partial charge in [-0.15, -0.1) is 0 Å². The molecule has 1 unspecified atom stereocenters. The minimum atomic E-state index is -0.959. The minimum Gasteiger partial charge on any atom is -0.494 e. The van der Waals surface area contributed by atoms with Crippen molar-refractivity contribution in [3.8, 4) is 11.5 Å². The highest BCUT2D eigenvalue weighted by molar-refractivity contribution is 5.78. The molecule has 0 saturated heterocycles. The van der Waals surface area contributed by atoms with Crippen LogP contribution in [0.5, 0.6) is 11.5 Å². The molecule has 2 N–H and O–H groups in total. The summed E-state index contributed by atoms with van der Waals surface area (Å²) >= 11 is 0. The lowest BCUT2D eigenvalue weighted by Gasteiger charge is -2.25. The van der Waals surface area contributed by atoms with E-state index >= 15 is 0 Å². The number of hydrogen-bond acceptors (Lipinski definition) is 4. The summed E-state index contributed by atoms with van der Waals surface area (Å²) < 4.78 is 11.1. The predicted molar refractivity (Wildman–Crippen MR) is 82.1 cm³/mol. The summed E-state index contributed by atoms with van der Waals surface area (Å²) in [7, 11) is 0. The highest BCUT2D eigenvalue weighted by Crippen LogP contribution is 2.19. The van der Waals surface area contributed by atoms with Gasteiger partial charge < -0.3 is 19.9 Å². The lowest BCUT2D eigenvalue weighted by atomic mass is 9.98. The second-order valence-corrected chi connectivity index (χ2v) is 5.09. The van der Waals surface area contributed by atoms with Gasteiger partial charge in [-0.25, -0.2) is 0 Å². The summed E-state index contributed by atoms with van der Waals surface area (Å²) in [5.74, 6) is 0.659. The number of ether oxygens (including phenoxy) is 2. The summed E-state index contributed by atoms with van der Waals surface area (Å²) in [6.45, 7) is 7.25. The SMILES string of the molecule is CCCOc1ccc(OCCC(C)(NCC)C(=O)O)cc1. The van der Waals surface area contributed by atoms with Gasteiger partial charge in [-0.3, -0.25) is 4.79 Å². The first-order chi connectivity index (χ1) is 10.0. The van der Waals surface area contributed by atoms with Gasteiger partial charge in [0.1, 0.15) is 17.0 Å². The summed E-state index contributed by atoms with van der Waals surface area (Å²) in [6.07, 6.45) is 1.36. The van der Waals surface area contributed by atoms with Crippen LogP contribution in [0.3, 0.4) is 0 Å². The van der Waals surface area contributed by atoms with Crippen LogP contribution in [0.15, 0.2) is 24.3 Å². The molecule has 0 amide bonds. The van der Waals surface area contributed by atoms with Crippen molar-refractivity contribution in [1.82, 2.24) is 5.32 Å². The Bertz CT molecular complexity index is 432. The molecule has 1 aromatic carbocycles. The summed E-state index contributed by atoms with van der Waals surface area (Å²) in [4.78, 5) is 11.3. The Labute approximate surface area is 126 Å². The normalized spacial score (nSPS) is 13.5. The standard InChI is InChI=1S/C16H25NO4/c1-4-11-20-13-6-8-14(9-7-13)21-12-10-16(3,15(18)19)17-5-2/h6-9,17H,4-5,10-12H2,1-3H3,(H,18,19). The van der Waals surface area contributed by atoms with Crippen LogP contribution in [-0.4, -0.2) is 36.4 Å². The first kappa shape index (κ1) is 17.3. The number of likely N-dealkylation sites (N-methyl/N-ethyl adjacent to an activating group) is 1. The maximum atomic E-state index is 11.3. The van der Waals surface area contributed by atoms with Gasteiger partial charge in [-0.2, -0.15) is 0 Å². The van der Waals surface area contributed by atoms with E-state index in [0.29, 0.717) is 31.9 Å². The molecule has 118 valence electrons. The Kier molecular flexibility index (Phi) is 7.02. The monoisotopic (exact) mass is 295 g/mol. The van der Waals surface area contributed by atoms with E-state index < -0.39 is 11.5 Å². The molecule has 5 heteroatoms. The van der Waals surface area contributed by atoms with Crippen LogP contribution < -0.4 is 14.8 Å². The van der Waals surface area contributed by atoms with Crippen LogP contribution in [0.25, 0.3) is 0 Å². The van der Waals surface area contributed by atoms with Crippen LogP contribution in [0.4, 0.5) is 0 Å². The molecule has 0 heterocycles. The van der Waals surface area contributed by atoms with Crippen molar-refractivity contribution in [1.29, 1.82) is 0 Å². The van der Waals surface area contributed by atoms with Gasteiger partial charge >= 0.3 is 5.97 Å². The zero-order chi connectivity index (χ0) is 15.7.